The van der Waals surface area contributed by atoms with E-state index >= 15 is 0 Å². The van der Waals surface area contributed by atoms with Gasteiger partial charge in [0, 0.05) is 13.1 Å². The van der Waals surface area contributed by atoms with Gasteiger partial charge in [-0.3, -0.25) is 4.79 Å². The summed E-state index contributed by atoms with van der Waals surface area (Å²) < 4.78 is 0. The zero-order valence-electron chi connectivity index (χ0n) is 10.4. The quantitative estimate of drug-likeness (QED) is 0.772. The van der Waals surface area contributed by atoms with Crippen molar-refractivity contribution in [3.63, 3.8) is 0 Å². The lowest BCUT2D eigenvalue weighted by molar-refractivity contribution is -0.132. The van der Waals surface area contributed by atoms with E-state index in [-0.39, 0.29) is 5.91 Å². The third kappa shape index (κ3) is 2.97. The van der Waals surface area contributed by atoms with Crippen LogP contribution in [0.3, 0.4) is 0 Å². The summed E-state index contributed by atoms with van der Waals surface area (Å²) in [6.45, 7) is 1.56. The maximum atomic E-state index is 11.8. The second kappa shape index (κ2) is 5.67. The summed E-state index contributed by atoms with van der Waals surface area (Å²) in [7, 11) is 1.95. The topological polar surface area (TPSA) is 32.3 Å². The first-order chi connectivity index (χ1) is 7.77. The van der Waals surface area contributed by atoms with Crippen LogP contribution in [0.5, 0.6) is 0 Å². The normalized spacial score (nSPS) is 22.1. The first kappa shape index (κ1) is 11.9. The Balaban J connectivity index is 1.59. The lowest BCUT2D eigenvalue weighted by atomic mass is 9.92. The maximum Gasteiger partial charge on any atom is 0.236 e. The molecular formula is C13H24N2O. The van der Waals surface area contributed by atoms with Gasteiger partial charge in [0.2, 0.25) is 5.91 Å². The van der Waals surface area contributed by atoms with Gasteiger partial charge in [0.1, 0.15) is 0 Å². The molecule has 0 atom stereocenters. The van der Waals surface area contributed by atoms with E-state index in [1.54, 1.807) is 0 Å². The highest BCUT2D eigenvalue weighted by atomic mass is 16.2. The summed E-state index contributed by atoms with van der Waals surface area (Å²) >= 11 is 0. The number of amides is 1. The van der Waals surface area contributed by atoms with Crippen molar-refractivity contribution >= 4 is 5.91 Å². The predicted molar refractivity (Wildman–Crippen MR) is 65.2 cm³/mol. The molecule has 3 heteroatoms. The Labute approximate surface area is 98.6 Å². The Morgan fingerprint density at radius 2 is 1.88 bits per heavy atom. The average molecular weight is 224 g/mol. The smallest absolute Gasteiger partial charge is 0.236 e. The number of nitrogens with one attached hydrogen (secondary N) is 1. The summed E-state index contributed by atoms with van der Waals surface area (Å²) in [5.74, 6) is 1.09. The predicted octanol–water partition coefficient (Wildman–Crippen LogP) is 1.78. The van der Waals surface area contributed by atoms with Crippen LogP contribution in [-0.4, -0.2) is 37.0 Å². The van der Waals surface area contributed by atoms with E-state index in [2.05, 4.69) is 5.32 Å². The molecule has 0 aromatic carbocycles. The average Bonchev–Trinajstić information content (AvgIpc) is 2.67. The Morgan fingerprint density at radius 1 is 1.19 bits per heavy atom. The van der Waals surface area contributed by atoms with Crippen molar-refractivity contribution in [1.29, 1.82) is 0 Å². The molecule has 2 fully saturated rings. The monoisotopic (exact) mass is 224 g/mol. The third-order valence-corrected chi connectivity index (χ3v) is 4.20. The van der Waals surface area contributed by atoms with Crippen LogP contribution < -0.4 is 5.32 Å². The number of carbonyl (C=O) groups is 1. The molecule has 3 nitrogen and oxygen atoms in total. The summed E-state index contributed by atoms with van der Waals surface area (Å²) in [6, 6.07) is 0.529. The molecule has 0 aromatic heterocycles. The fourth-order valence-corrected chi connectivity index (χ4v) is 2.70. The molecule has 0 aromatic rings. The largest absolute Gasteiger partial charge is 0.342 e. The van der Waals surface area contributed by atoms with Crippen LogP contribution in [-0.2, 0) is 4.79 Å². The summed E-state index contributed by atoms with van der Waals surface area (Å²) in [5.41, 5.74) is 0. The molecule has 1 N–H and O–H groups in total. The first-order valence-electron chi connectivity index (χ1n) is 6.74. The van der Waals surface area contributed by atoms with Crippen LogP contribution in [0, 0.1) is 5.92 Å². The van der Waals surface area contributed by atoms with Crippen molar-refractivity contribution in [2.45, 2.75) is 51.0 Å². The van der Waals surface area contributed by atoms with Crippen LogP contribution in [0.2, 0.25) is 0 Å². The van der Waals surface area contributed by atoms with Gasteiger partial charge in [-0.1, -0.05) is 12.8 Å². The molecule has 0 radical (unpaired) electrons. The maximum absolute atomic E-state index is 11.8. The lowest BCUT2D eigenvalue weighted by Gasteiger charge is -2.34. The Hall–Kier alpha value is -0.570. The summed E-state index contributed by atoms with van der Waals surface area (Å²) in [4.78, 5) is 13.8. The highest BCUT2D eigenvalue weighted by molar-refractivity contribution is 5.78. The number of nitrogens with zero attached hydrogens (tertiary/aromatic N) is 1. The molecule has 2 aliphatic rings. The van der Waals surface area contributed by atoms with Crippen LogP contribution >= 0.6 is 0 Å². The molecule has 1 amide bonds. The van der Waals surface area contributed by atoms with Crippen LogP contribution in [0.25, 0.3) is 0 Å². The van der Waals surface area contributed by atoms with E-state index in [0.29, 0.717) is 12.6 Å². The summed E-state index contributed by atoms with van der Waals surface area (Å²) in [6.07, 6.45) is 9.14. The minimum absolute atomic E-state index is 0.266. The second-order valence-corrected chi connectivity index (χ2v) is 5.37. The van der Waals surface area contributed by atoms with Crippen molar-refractivity contribution in [1.82, 2.24) is 10.2 Å². The highest BCUT2D eigenvalue weighted by Gasteiger charge is 2.25. The molecule has 0 saturated heterocycles. The van der Waals surface area contributed by atoms with E-state index in [0.717, 1.165) is 12.5 Å². The standard InChI is InChI=1S/C13H24N2O/c1-15(12-7-4-8-12)13(16)10-14-9-11-5-2-3-6-11/h11-12,14H,2-10H2,1H3. The summed E-state index contributed by atoms with van der Waals surface area (Å²) in [5, 5.41) is 3.32. The first-order valence-corrected chi connectivity index (χ1v) is 6.74. The third-order valence-electron chi connectivity index (χ3n) is 4.20. The minimum atomic E-state index is 0.266. The second-order valence-electron chi connectivity index (χ2n) is 5.37. The SMILES string of the molecule is CN(C(=O)CNCC1CCCC1)C1CCC1. The zero-order chi connectivity index (χ0) is 11.4. The highest BCUT2D eigenvalue weighted by Crippen LogP contribution is 2.24. The van der Waals surface area contributed by atoms with E-state index in [4.69, 9.17) is 0 Å². The van der Waals surface area contributed by atoms with Gasteiger partial charge in [-0.2, -0.15) is 0 Å². The van der Waals surface area contributed by atoms with Crippen LogP contribution in [0.4, 0.5) is 0 Å². The van der Waals surface area contributed by atoms with Crippen LogP contribution in [0.15, 0.2) is 0 Å². The fourth-order valence-electron chi connectivity index (χ4n) is 2.70. The number of hydrogen-bond acceptors (Lipinski definition) is 2. The molecule has 0 bridgehead atoms. The fraction of sp³-hybridized carbons (Fsp3) is 0.923. The van der Waals surface area contributed by atoms with E-state index in [9.17, 15) is 4.79 Å². The minimum Gasteiger partial charge on any atom is -0.342 e. The van der Waals surface area contributed by atoms with Crippen molar-refractivity contribution in [3.05, 3.63) is 0 Å². The molecule has 2 aliphatic carbocycles. The van der Waals surface area contributed by atoms with Gasteiger partial charge in [-0.25, -0.2) is 0 Å². The number of hydrogen-bond donors (Lipinski definition) is 1. The van der Waals surface area contributed by atoms with Gasteiger partial charge in [0.15, 0.2) is 0 Å². The molecule has 0 spiro atoms. The van der Waals surface area contributed by atoms with Gasteiger partial charge in [0.05, 0.1) is 6.54 Å². The van der Waals surface area contributed by atoms with Crippen molar-refractivity contribution in [2.24, 2.45) is 5.92 Å². The molecule has 2 rings (SSSR count). The molecule has 2 saturated carbocycles. The molecule has 92 valence electrons. The molecule has 0 heterocycles. The number of likely N-dealkylation sites (N-methyl/N-ethyl adjacent to an activating group) is 1. The van der Waals surface area contributed by atoms with Crippen LogP contribution in [0.1, 0.15) is 44.9 Å². The Kier molecular flexibility index (Phi) is 4.22. The molecular weight excluding hydrogens is 200 g/mol. The Morgan fingerprint density at radius 3 is 2.44 bits per heavy atom. The van der Waals surface area contributed by atoms with Gasteiger partial charge in [0.25, 0.3) is 0 Å². The molecule has 0 aliphatic heterocycles. The van der Waals surface area contributed by atoms with Crippen molar-refractivity contribution in [2.75, 3.05) is 20.1 Å². The zero-order valence-corrected chi connectivity index (χ0v) is 10.4. The molecule has 0 unspecified atom stereocenters. The van der Waals surface area contributed by atoms with E-state index in [1.165, 1.54) is 44.9 Å². The Bertz CT molecular complexity index is 232. The van der Waals surface area contributed by atoms with E-state index in [1.807, 2.05) is 11.9 Å². The number of rotatable bonds is 5. The van der Waals surface area contributed by atoms with Gasteiger partial charge >= 0.3 is 0 Å². The molecule has 16 heavy (non-hydrogen) atoms. The van der Waals surface area contributed by atoms with Gasteiger partial charge in [-0.15, -0.1) is 0 Å². The van der Waals surface area contributed by atoms with Crippen molar-refractivity contribution in [3.8, 4) is 0 Å². The van der Waals surface area contributed by atoms with Gasteiger partial charge in [-0.05, 0) is 44.6 Å². The number of carbonyl (C=O) groups excluding carboxylic acids is 1. The van der Waals surface area contributed by atoms with Gasteiger partial charge < -0.3 is 10.2 Å². The van der Waals surface area contributed by atoms with E-state index < -0.39 is 0 Å². The van der Waals surface area contributed by atoms with Crippen molar-refractivity contribution < 1.29 is 4.79 Å². The lowest BCUT2D eigenvalue weighted by Crippen LogP contribution is -2.45.